The van der Waals surface area contributed by atoms with Gasteiger partial charge in [-0.2, -0.15) is 5.26 Å². The maximum Gasteiger partial charge on any atom is 0.0994 e. The summed E-state index contributed by atoms with van der Waals surface area (Å²) in [7, 11) is 0. The summed E-state index contributed by atoms with van der Waals surface area (Å²) in [5.74, 6) is 0. The van der Waals surface area contributed by atoms with Crippen molar-refractivity contribution in [3.8, 4) is 6.07 Å². The summed E-state index contributed by atoms with van der Waals surface area (Å²) < 4.78 is 3.28. The molecule has 1 aliphatic carbocycles. The minimum Gasteiger partial charge on any atom is -0.393 e. The van der Waals surface area contributed by atoms with Gasteiger partial charge < -0.3 is 9.67 Å². The maximum atomic E-state index is 9.89. The van der Waals surface area contributed by atoms with E-state index in [1.165, 1.54) is 0 Å². The van der Waals surface area contributed by atoms with Gasteiger partial charge in [-0.1, -0.05) is 0 Å². The Labute approximate surface area is 127 Å². The van der Waals surface area contributed by atoms with Crippen molar-refractivity contribution < 1.29 is 5.11 Å². The Morgan fingerprint density at radius 2 is 2.20 bits per heavy atom. The topological polar surface area (TPSA) is 49.0 Å². The molecule has 1 aromatic carbocycles. The summed E-state index contributed by atoms with van der Waals surface area (Å²) >= 11 is 3.59. The molecule has 0 radical (unpaired) electrons. The number of fused-ring (bicyclic) bond motifs is 1. The number of benzene rings is 1. The van der Waals surface area contributed by atoms with E-state index in [-0.39, 0.29) is 6.10 Å². The monoisotopic (exact) mass is 332 g/mol. The van der Waals surface area contributed by atoms with E-state index in [1.807, 2.05) is 13.0 Å². The Hall–Kier alpha value is -1.31. The van der Waals surface area contributed by atoms with Gasteiger partial charge in [0.15, 0.2) is 0 Å². The molecule has 1 N–H and O–H groups in total. The van der Waals surface area contributed by atoms with Gasteiger partial charge in [0.1, 0.15) is 0 Å². The van der Waals surface area contributed by atoms with Crippen molar-refractivity contribution >= 4 is 26.8 Å². The number of halogens is 1. The third-order valence-corrected chi connectivity index (χ3v) is 4.90. The molecule has 0 amide bonds. The molecule has 20 heavy (non-hydrogen) atoms. The van der Waals surface area contributed by atoms with E-state index in [9.17, 15) is 5.11 Å². The van der Waals surface area contributed by atoms with Crippen molar-refractivity contribution in [1.29, 1.82) is 5.26 Å². The van der Waals surface area contributed by atoms with Crippen LogP contribution in [0.15, 0.2) is 22.8 Å². The molecule has 0 saturated heterocycles. The number of nitrogens with zero attached hydrogens (tertiary/aromatic N) is 2. The highest BCUT2D eigenvalue weighted by molar-refractivity contribution is 9.10. The van der Waals surface area contributed by atoms with Gasteiger partial charge in [0, 0.05) is 27.6 Å². The van der Waals surface area contributed by atoms with Gasteiger partial charge in [0.2, 0.25) is 0 Å². The van der Waals surface area contributed by atoms with Gasteiger partial charge in [0.25, 0.3) is 0 Å². The molecule has 0 spiro atoms. The van der Waals surface area contributed by atoms with E-state index < -0.39 is 0 Å². The lowest BCUT2D eigenvalue weighted by Crippen LogP contribution is -2.21. The number of rotatable bonds is 1. The standard InChI is InChI=1S/C16H17BrN2O/c1-10-5-16-14(6-11(10)8-18)15(17)9-19(16)12-3-2-4-13(20)7-12/h5-6,9,12-13,20H,2-4,7H2,1H3/t12-,13-/m1/s1. The number of aliphatic hydroxyl groups excluding tert-OH is 1. The Balaban J connectivity index is 2.12. The Kier molecular flexibility index (Phi) is 3.57. The molecule has 4 heteroatoms. The second kappa shape index (κ2) is 5.23. The van der Waals surface area contributed by atoms with E-state index in [2.05, 4.69) is 38.8 Å². The smallest absolute Gasteiger partial charge is 0.0994 e. The normalized spacial score (nSPS) is 22.9. The molecule has 1 aliphatic rings. The zero-order chi connectivity index (χ0) is 14.3. The predicted octanol–water partition coefficient (Wildman–Crippen LogP) is 4.06. The molecule has 3 nitrogen and oxygen atoms in total. The van der Waals surface area contributed by atoms with Crippen LogP contribution in [0.3, 0.4) is 0 Å². The van der Waals surface area contributed by atoms with Crippen LogP contribution in [-0.2, 0) is 0 Å². The zero-order valence-corrected chi connectivity index (χ0v) is 13.0. The van der Waals surface area contributed by atoms with E-state index >= 15 is 0 Å². The highest BCUT2D eigenvalue weighted by Crippen LogP contribution is 2.36. The van der Waals surface area contributed by atoms with Gasteiger partial charge in [-0.3, -0.25) is 0 Å². The van der Waals surface area contributed by atoms with Gasteiger partial charge in [-0.25, -0.2) is 0 Å². The van der Waals surface area contributed by atoms with Crippen LogP contribution in [0.2, 0.25) is 0 Å². The quantitative estimate of drug-likeness (QED) is 0.855. The molecule has 1 heterocycles. The lowest BCUT2D eigenvalue weighted by atomic mass is 9.92. The molecule has 2 aromatic rings. The lowest BCUT2D eigenvalue weighted by molar-refractivity contribution is 0.105. The van der Waals surface area contributed by atoms with Crippen LogP contribution < -0.4 is 0 Å². The molecule has 3 rings (SSSR count). The molecule has 0 unspecified atom stereocenters. The second-order valence-electron chi connectivity index (χ2n) is 5.65. The molecule has 104 valence electrons. The SMILES string of the molecule is Cc1cc2c(cc1C#N)c(Br)cn2[C@@H]1CCC[C@@H](O)C1. The number of hydrogen-bond donors (Lipinski definition) is 1. The first-order valence-corrected chi connectivity index (χ1v) is 7.78. The molecule has 1 aromatic heterocycles. The van der Waals surface area contributed by atoms with Crippen LogP contribution in [-0.4, -0.2) is 15.8 Å². The average Bonchev–Trinajstić information content (AvgIpc) is 2.74. The molecule has 0 bridgehead atoms. The van der Waals surface area contributed by atoms with Crippen molar-refractivity contribution in [1.82, 2.24) is 4.57 Å². The van der Waals surface area contributed by atoms with E-state index in [0.717, 1.165) is 52.2 Å². The second-order valence-corrected chi connectivity index (χ2v) is 6.51. The number of aliphatic hydroxyl groups is 1. The van der Waals surface area contributed by atoms with Gasteiger partial charge in [-0.05, 0) is 66.2 Å². The van der Waals surface area contributed by atoms with Gasteiger partial charge >= 0.3 is 0 Å². The van der Waals surface area contributed by atoms with Crippen molar-refractivity contribution in [2.45, 2.75) is 44.8 Å². The maximum absolute atomic E-state index is 9.89. The highest BCUT2D eigenvalue weighted by Gasteiger charge is 2.23. The van der Waals surface area contributed by atoms with Crippen LogP contribution >= 0.6 is 15.9 Å². The van der Waals surface area contributed by atoms with Crippen molar-refractivity contribution in [3.63, 3.8) is 0 Å². The van der Waals surface area contributed by atoms with Crippen LogP contribution in [0, 0.1) is 18.3 Å². The van der Waals surface area contributed by atoms with Gasteiger partial charge in [-0.15, -0.1) is 0 Å². The fourth-order valence-electron chi connectivity index (χ4n) is 3.17. The first kappa shape index (κ1) is 13.7. The van der Waals surface area contributed by atoms with Crippen molar-refractivity contribution in [3.05, 3.63) is 33.9 Å². The molecule has 1 saturated carbocycles. The van der Waals surface area contributed by atoms with E-state index in [0.29, 0.717) is 6.04 Å². The minimum atomic E-state index is -0.190. The molecule has 1 fully saturated rings. The van der Waals surface area contributed by atoms with Crippen LogP contribution in [0.4, 0.5) is 0 Å². The fourth-order valence-corrected chi connectivity index (χ4v) is 3.71. The fraction of sp³-hybridized carbons (Fsp3) is 0.438. The van der Waals surface area contributed by atoms with E-state index in [1.54, 1.807) is 0 Å². The highest BCUT2D eigenvalue weighted by atomic mass is 79.9. The van der Waals surface area contributed by atoms with Crippen LogP contribution in [0.1, 0.15) is 42.9 Å². The first-order chi connectivity index (χ1) is 9.60. The van der Waals surface area contributed by atoms with E-state index in [4.69, 9.17) is 5.26 Å². The lowest BCUT2D eigenvalue weighted by Gasteiger charge is -2.28. The largest absolute Gasteiger partial charge is 0.393 e. The van der Waals surface area contributed by atoms with Crippen molar-refractivity contribution in [2.24, 2.45) is 0 Å². The number of hydrogen-bond acceptors (Lipinski definition) is 2. The van der Waals surface area contributed by atoms with Crippen molar-refractivity contribution in [2.75, 3.05) is 0 Å². The number of nitriles is 1. The Morgan fingerprint density at radius 1 is 1.40 bits per heavy atom. The first-order valence-electron chi connectivity index (χ1n) is 6.99. The zero-order valence-electron chi connectivity index (χ0n) is 11.4. The molecule has 2 atom stereocenters. The third-order valence-electron chi connectivity index (χ3n) is 4.26. The molecular formula is C16H17BrN2O. The number of aryl methyl sites for hydroxylation is 1. The van der Waals surface area contributed by atoms with Gasteiger partial charge in [0.05, 0.1) is 17.7 Å². The molecule has 0 aliphatic heterocycles. The average molecular weight is 333 g/mol. The Bertz CT molecular complexity index is 699. The number of aromatic nitrogens is 1. The third kappa shape index (κ3) is 2.25. The predicted molar refractivity (Wildman–Crippen MR) is 82.6 cm³/mol. The summed E-state index contributed by atoms with van der Waals surface area (Å²) in [4.78, 5) is 0. The van der Waals surface area contributed by atoms with Crippen LogP contribution in [0.5, 0.6) is 0 Å². The summed E-state index contributed by atoms with van der Waals surface area (Å²) in [6.45, 7) is 1.97. The summed E-state index contributed by atoms with van der Waals surface area (Å²) in [5.41, 5.74) is 2.87. The van der Waals surface area contributed by atoms with Crippen LogP contribution in [0.25, 0.3) is 10.9 Å². The minimum absolute atomic E-state index is 0.190. The summed E-state index contributed by atoms with van der Waals surface area (Å²) in [6.07, 6.45) is 5.80. The summed E-state index contributed by atoms with van der Waals surface area (Å²) in [5, 5.41) is 20.1. The molecular weight excluding hydrogens is 316 g/mol. The Morgan fingerprint density at radius 3 is 2.90 bits per heavy atom. The summed E-state index contributed by atoms with van der Waals surface area (Å²) in [6, 6.07) is 6.62.